The number of hydrogen-bond acceptors (Lipinski definition) is 4. The summed E-state index contributed by atoms with van der Waals surface area (Å²) >= 11 is 0. The van der Waals surface area contributed by atoms with Crippen LogP contribution in [-0.2, 0) is 11.8 Å². The van der Waals surface area contributed by atoms with Crippen molar-refractivity contribution in [3.8, 4) is 0 Å². The molecule has 0 radical (unpaired) electrons. The van der Waals surface area contributed by atoms with E-state index in [1.165, 1.54) is 24.0 Å². The van der Waals surface area contributed by atoms with Crippen LogP contribution in [0.4, 0.5) is 0 Å². The molecule has 2 bridgehead atoms. The number of benzene rings is 2. The van der Waals surface area contributed by atoms with Gasteiger partial charge in [0.2, 0.25) is 0 Å². The number of nitrogens with one attached hydrogen (secondary N) is 1. The zero-order valence-electron chi connectivity index (χ0n) is 19.3. The van der Waals surface area contributed by atoms with Gasteiger partial charge in [0, 0.05) is 29.5 Å². The van der Waals surface area contributed by atoms with Crippen LogP contribution in [0.15, 0.2) is 41.1 Å². The smallest absolute Gasteiger partial charge is 0.254 e. The molecule has 2 atom stereocenters. The monoisotopic (exact) mass is 440 g/mol. The summed E-state index contributed by atoms with van der Waals surface area (Å²) in [4.78, 5) is 28.1. The molecule has 6 nitrogen and oxygen atoms in total. The molecule has 1 saturated carbocycles. The first kappa shape index (κ1) is 19.3. The second-order valence-electron chi connectivity index (χ2n) is 11.0. The molecule has 2 fully saturated rings. The van der Waals surface area contributed by atoms with Crippen LogP contribution in [0, 0.1) is 5.41 Å². The lowest BCUT2D eigenvalue weighted by Gasteiger charge is -2.60. The molecule has 3 aliphatic rings. The van der Waals surface area contributed by atoms with Gasteiger partial charge in [-0.15, -0.1) is 0 Å². The molecule has 6 heteroatoms. The van der Waals surface area contributed by atoms with Gasteiger partial charge in [-0.05, 0) is 72.6 Å². The zero-order valence-corrected chi connectivity index (χ0v) is 19.3. The van der Waals surface area contributed by atoms with Gasteiger partial charge in [-0.3, -0.25) is 4.79 Å². The quantitative estimate of drug-likeness (QED) is 0.457. The van der Waals surface area contributed by atoms with Crippen molar-refractivity contribution < 1.29 is 9.21 Å². The van der Waals surface area contributed by atoms with E-state index in [2.05, 4.69) is 47.8 Å². The van der Waals surface area contributed by atoms with E-state index in [1.54, 1.807) is 6.33 Å². The Morgan fingerprint density at radius 2 is 2.00 bits per heavy atom. The van der Waals surface area contributed by atoms with E-state index < -0.39 is 0 Å². The molecule has 1 unspecified atom stereocenters. The second-order valence-corrected chi connectivity index (χ2v) is 11.0. The van der Waals surface area contributed by atoms with Crippen molar-refractivity contribution in [2.45, 2.75) is 63.8 Å². The topological polar surface area (TPSA) is 75.0 Å². The molecular weight excluding hydrogens is 412 g/mol. The molecule has 2 aromatic carbocycles. The summed E-state index contributed by atoms with van der Waals surface area (Å²) < 4.78 is 6.14. The maximum atomic E-state index is 13.7. The number of nitrogens with zero attached hydrogens (tertiary/aromatic N) is 3. The van der Waals surface area contributed by atoms with Crippen LogP contribution >= 0.6 is 0 Å². The molecule has 3 heterocycles. The lowest BCUT2D eigenvalue weighted by atomic mass is 9.51. The van der Waals surface area contributed by atoms with Crippen molar-refractivity contribution in [2.24, 2.45) is 5.41 Å². The summed E-state index contributed by atoms with van der Waals surface area (Å²) in [6.07, 6.45) is 5.80. The van der Waals surface area contributed by atoms with Gasteiger partial charge >= 0.3 is 0 Å². The largest absolute Gasteiger partial charge is 0.440 e. The number of rotatable bonds is 2. The fourth-order valence-electron chi connectivity index (χ4n) is 6.33. The van der Waals surface area contributed by atoms with Gasteiger partial charge in [-0.2, -0.15) is 0 Å². The first-order chi connectivity index (χ1) is 15.8. The van der Waals surface area contributed by atoms with Crippen LogP contribution in [0.2, 0.25) is 0 Å². The number of aromatic amines is 1. The molecule has 2 aromatic heterocycles. The van der Waals surface area contributed by atoms with E-state index >= 15 is 0 Å². The van der Waals surface area contributed by atoms with Crippen molar-refractivity contribution in [1.82, 2.24) is 19.9 Å². The molecule has 7 rings (SSSR count). The summed E-state index contributed by atoms with van der Waals surface area (Å²) in [6, 6.07) is 10.4. The highest BCUT2D eigenvalue weighted by Crippen LogP contribution is 2.57. The third-order valence-corrected chi connectivity index (χ3v) is 8.98. The van der Waals surface area contributed by atoms with Crippen molar-refractivity contribution >= 4 is 28.0 Å². The number of hydrogen-bond donors (Lipinski definition) is 1. The zero-order chi connectivity index (χ0) is 22.5. The molecule has 1 amide bonds. The minimum atomic E-state index is -0.0667. The third-order valence-electron chi connectivity index (χ3n) is 8.98. The van der Waals surface area contributed by atoms with E-state index in [1.807, 2.05) is 18.2 Å². The lowest BCUT2D eigenvalue weighted by Crippen LogP contribution is -2.64. The van der Waals surface area contributed by atoms with Crippen LogP contribution in [-0.4, -0.2) is 38.3 Å². The van der Waals surface area contributed by atoms with E-state index in [-0.39, 0.29) is 22.8 Å². The third kappa shape index (κ3) is 2.58. The molecule has 1 N–H and O–H groups in total. The average molecular weight is 441 g/mol. The number of carbonyl (C=O) groups is 1. The van der Waals surface area contributed by atoms with E-state index in [4.69, 9.17) is 9.40 Å². The summed E-state index contributed by atoms with van der Waals surface area (Å²) in [5.74, 6) is 1.50. The minimum Gasteiger partial charge on any atom is -0.440 e. The Hall–Kier alpha value is -3.15. The number of carbonyl (C=O) groups excluding carboxylic acids is 1. The number of likely N-dealkylation sites (tertiary alicyclic amines) is 1. The average Bonchev–Trinajstić information content (AvgIpc) is 3.38. The van der Waals surface area contributed by atoms with Crippen molar-refractivity contribution in [3.05, 3.63) is 59.2 Å². The molecule has 1 saturated heterocycles. The summed E-state index contributed by atoms with van der Waals surface area (Å²) in [6.45, 7) is 7.81. The highest BCUT2D eigenvalue weighted by Gasteiger charge is 2.57. The Bertz CT molecular complexity index is 1440. The summed E-state index contributed by atoms with van der Waals surface area (Å²) in [5.41, 5.74) is 6.97. The Balaban J connectivity index is 1.31. The SMILES string of the molecule is CC1(C)C2Cc3cc4oc(C5CC5)nc4cc3[C@]1(C)CCN2C(=O)c1ccc2nc[nH]c2c1. The normalized spacial score (nSPS) is 26.0. The molecule has 1 aliphatic heterocycles. The first-order valence-electron chi connectivity index (χ1n) is 12.0. The number of amides is 1. The molecule has 2 aliphatic carbocycles. The van der Waals surface area contributed by atoms with Crippen molar-refractivity contribution in [1.29, 1.82) is 0 Å². The molecule has 33 heavy (non-hydrogen) atoms. The predicted octanol–water partition coefficient (Wildman–Crippen LogP) is 5.34. The predicted molar refractivity (Wildman–Crippen MR) is 126 cm³/mol. The van der Waals surface area contributed by atoms with Gasteiger partial charge in [-0.1, -0.05) is 20.8 Å². The summed E-state index contributed by atoms with van der Waals surface area (Å²) in [7, 11) is 0. The standard InChI is InChI=1S/C27H28N4O2/c1-26(2)23-12-17-11-22-21(30-24(33-22)15-4-5-15)13-18(17)27(26,3)8-9-31(23)25(32)16-6-7-19-20(10-16)29-14-28-19/h6-7,10-11,13-15,23H,4-5,8-9,12H2,1-3H3,(H,28,29)/t23?,27-/m0/s1. The fraction of sp³-hybridized carbons (Fsp3) is 0.444. The highest BCUT2D eigenvalue weighted by molar-refractivity contribution is 5.97. The Morgan fingerprint density at radius 1 is 1.15 bits per heavy atom. The molecule has 4 aromatic rings. The maximum absolute atomic E-state index is 13.7. The molecule has 0 spiro atoms. The number of fused-ring (bicyclic) bond motifs is 6. The molecule has 168 valence electrons. The first-order valence-corrected chi connectivity index (χ1v) is 12.0. The Kier molecular flexibility index (Phi) is 3.66. The maximum Gasteiger partial charge on any atom is 0.254 e. The summed E-state index contributed by atoms with van der Waals surface area (Å²) in [5, 5.41) is 0. The number of H-pyrrole nitrogens is 1. The van der Waals surface area contributed by atoms with Crippen molar-refractivity contribution in [3.63, 3.8) is 0 Å². The Labute approximate surface area is 192 Å². The van der Waals surface area contributed by atoms with Gasteiger partial charge in [0.1, 0.15) is 5.52 Å². The van der Waals surface area contributed by atoms with Crippen LogP contribution < -0.4 is 0 Å². The number of aromatic nitrogens is 3. The highest BCUT2D eigenvalue weighted by atomic mass is 16.3. The van der Waals surface area contributed by atoms with Crippen molar-refractivity contribution in [2.75, 3.05) is 6.54 Å². The minimum absolute atomic E-state index is 0.0256. The van der Waals surface area contributed by atoms with Crippen LogP contribution in [0.25, 0.3) is 22.1 Å². The van der Waals surface area contributed by atoms with Gasteiger partial charge in [0.15, 0.2) is 11.5 Å². The van der Waals surface area contributed by atoms with Gasteiger partial charge in [0.05, 0.1) is 17.4 Å². The number of oxazole rings is 1. The van der Waals surface area contributed by atoms with E-state index in [0.29, 0.717) is 5.92 Å². The Morgan fingerprint density at radius 3 is 2.82 bits per heavy atom. The van der Waals surface area contributed by atoms with Crippen LogP contribution in [0.5, 0.6) is 0 Å². The lowest BCUT2D eigenvalue weighted by molar-refractivity contribution is -0.0261. The van der Waals surface area contributed by atoms with Gasteiger partial charge in [0.25, 0.3) is 5.91 Å². The van der Waals surface area contributed by atoms with Gasteiger partial charge in [-0.25, -0.2) is 9.97 Å². The van der Waals surface area contributed by atoms with E-state index in [0.717, 1.165) is 53.0 Å². The number of piperidine rings is 1. The van der Waals surface area contributed by atoms with Crippen LogP contribution in [0.3, 0.4) is 0 Å². The van der Waals surface area contributed by atoms with Crippen LogP contribution in [0.1, 0.15) is 73.3 Å². The number of imidazole rings is 1. The fourth-order valence-corrected chi connectivity index (χ4v) is 6.33. The van der Waals surface area contributed by atoms with Gasteiger partial charge < -0.3 is 14.3 Å². The second kappa shape index (κ2) is 6.25. The molecular formula is C27H28N4O2. The van der Waals surface area contributed by atoms with E-state index in [9.17, 15) is 4.79 Å².